The van der Waals surface area contributed by atoms with Crippen LogP contribution in [0.15, 0.2) is 48.0 Å². The molecular formula is C11H13FN2O. The maximum atomic E-state index is 12.6. The van der Waals surface area contributed by atoms with Gasteiger partial charge in [-0.3, -0.25) is 0 Å². The molecule has 0 aliphatic carbocycles. The summed E-state index contributed by atoms with van der Waals surface area (Å²) >= 11 is 0. The fraction of sp³-hybridized carbons (Fsp3) is 0.0909. The summed E-state index contributed by atoms with van der Waals surface area (Å²) in [6, 6.07) is 5.82. The highest BCUT2D eigenvalue weighted by Crippen LogP contribution is 2.13. The van der Waals surface area contributed by atoms with Gasteiger partial charge in [0.05, 0.1) is 5.70 Å². The van der Waals surface area contributed by atoms with Crippen molar-refractivity contribution in [3.63, 3.8) is 0 Å². The second kappa shape index (κ2) is 4.50. The molecule has 0 saturated heterocycles. The molecule has 1 rings (SSSR count). The minimum atomic E-state index is -0.304. The zero-order valence-electron chi connectivity index (χ0n) is 8.42. The number of aliphatic hydroxyl groups is 1. The molecule has 4 N–H and O–H groups in total. The molecule has 0 unspecified atom stereocenters. The number of nitrogens with two attached hydrogens (primary N) is 1. The van der Waals surface area contributed by atoms with Crippen molar-refractivity contribution in [2.75, 3.05) is 5.32 Å². The van der Waals surface area contributed by atoms with Crippen LogP contribution in [0, 0.1) is 5.82 Å². The van der Waals surface area contributed by atoms with E-state index in [-0.39, 0.29) is 17.3 Å². The van der Waals surface area contributed by atoms with Crippen LogP contribution in [0.5, 0.6) is 0 Å². The van der Waals surface area contributed by atoms with Gasteiger partial charge in [-0.05, 0) is 31.2 Å². The van der Waals surface area contributed by atoms with Crippen LogP contribution in [-0.4, -0.2) is 5.11 Å². The van der Waals surface area contributed by atoms with Gasteiger partial charge < -0.3 is 16.2 Å². The van der Waals surface area contributed by atoms with Crippen molar-refractivity contribution in [1.29, 1.82) is 0 Å². The van der Waals surface area contributed by atoms with E-state index in [0.29, 0.717) is 11.4 Å². The zero-order valence-corrected chi connectivity index (χ0v) is 8.42. The SMILES string of the molecule is C=C(O)/C(N)=C(\C)Nc1ccc(F)cc1. The third-order valence-corrected chi connectivity index (χ3v) is 1.89. The second-order valence-electron chi connectivity index (χ2n) is 3.12. The summed E-state index contributed by atoms with van der Waals surface area (Å²) in [4.78, 5) is 0. The van der Waals surface area contributed by atoms with Gasteiger partial charge in [0, 0.05) is 11.4 Å². The molecule has 0 fully saturated rings. The number of aliphatic hydroxyl groups excluding tert-OH is 1. The summed E-state index contributed by atoms with van der Waals surface area (Å²) in [5, 5.41) is 12.0. The number of hydrogen-bond acceptors (Lipinski definition) is 3. The fourth-order valence-corrected chi connectivity index (χ4v) is 1.03. The molecule has 15 heavy (non-hydrogen) atoms. The van der Waals surface area contributed by atoms with Gasteiger partial charge in [0.1, 0.15) is 11.6 Å². The van der Waals surface area contributed by atoms with Gasteiger partial charge in [0.25, 0.3) is 0 Å². The molecule has 1 aromatic rings. The van der Waals surface area contributed by atoms with Crippen molar-refractivity contribution < 1.29 is 9.50 Å². The van der Waals surface area contributed by atoms with E-state index in [4.69, 9.17) is 10.8 Å². The lowest BCUT2D eigenvalue weighted by molar-refractivity contribution is 0.424. The highest BCUT2D eigenvalue weighted by Gasteiger charge is 2.01. The predicted molar refractivity (Wildman–Crippen MR) is 58.7 cm³/mol. The van der Waals surface area contributed by atoms with Crippen molar-refractivity contribution in [3.8, 4) is 0 Å². The van der Waals surface area contributed by atoms with E-state index in [2.05, 4.69) is 11.9 Å². The molecule has 0 heterocycles. The summed E-state index contributed by atoms with van der Waals surface area (Å²) in [6.45, 7) is 5.00. The van der Waals surface area contributed by atoms with Crippen LogP contribution in [0.25, 0.3) is 0 Å². The monoisotopic (exact) mass is 208 g/mol. The van der Waals surface area contributed by atoms with Gasteiger partial charge in [0.2, 0.25) is 0 Å². The summed E-state index contributed by atoms with van der Waals surface area (Å²) in [5.41, 5.74) is 6.97. The quantitative estimate of drug-likeness (QED) is 0.528. The average molecular weight is 208 g/mol. The van der Waals surface area contributed by atoms with Gasteiger partial charge in [-0.25, -0.2) is 4.39 Å². The third-order valence-electron chi connectivity index (χ3n) is 1.89. The molecule has 0 saturated carbocycles. The first kappa shape index (κ1) is 11.1. The van der Waals surface area contributed by atoms with Gasteiger partial charge >= 0.3 is 0 Å². The lowest BCUT2D eigenvalue weighted by Gasteiger charge is -2.09. The molecule has 4 heteroatoms. The molecule has 0 aromatic heterocycles. The van der Waals surface area contributed by atoms with E-state index in [9.17, 15) is 4.39 Å². The Hall–Kier alpha value is -1.97. The Labute approximate surface area is 87.7 Å². The van der Waals surface area contributed by atoms with Crippen LogP contribution in [0.3, 0.4) is 0 Å². The number of hydrogen-bond donors (Lipinski definition) is 3. The van der Waals surface area contributed by atoms with Crippen LogP contribution in [0.1, 0.15) is 6.92 Å². The Kier molecular flexibility index (Phi) is 3.33. The fourth-order valence-electron chi connectivity index (χ4n) is 1.03. The number of allylic oxidation sites excluding steroid dienone is 1. The Morgan fingerprint density at radius 2 is 1.93 bits per heavy atom. The first-order valence-electron chi connectivity index (χ1n) is 4.38. The molecular weight excluding hydrogens is 195 g/mol. The normalized spacial score (nSPS) is 11.9. The molecule has 0 amide bonds. The van der Waals surface area contributed by atoms with Gasteiger partial charge in [-0.15, -0.1) is 0 Å². The molecule has 1 aromatic carbocycles. The zero-order chi connectivity index (χ0) is 11.4. The number of nitrogens with one attached hydrogen (secondary N) is 1. The molecule has 0 atom stereocenters. The lowest BCUT2D eigenvalue weighted by Crippen LogP contribution is -2.09. The molecule has 3 nitrogen and oxygen atoms in total. The number of anilines is 1. The number of halogens is 1. The maximum Gasteiger partial charge on any atom is 0.133 e. The van der Waals surface area contributed by atoms with E-state index >= 15 is 0 Å². The number of benzene rings is 1. The minimum Gasteiger partial charge on any atom is -0.506 e. The Morgan fingerprint density at radius 1 is 1.40 bits per heavy atom. The van der Waals surface area contributed by atoms with Gasteiger partial charge in [0.15, 0.2) is 0 Å². The predicted octanol–water partition coefficient (Wildman–Crippen LogP) is 2.50. The third kappa shape index (κ3) is 3.02. The highest BCUT2D eigenvalue weighted by atomic mass is 19.1. The summed E-state index contributed by atoms with van der Waals surface area (Å²) < 4.78 is 12.6. The minimum absolute atomic E-state index is 0.180. The highest BCUT2D eigenvalue weighted by molar-refractivity contribution is 5.49. The van der Waals surface area contributed by atoms with Crippen LogP contribution in [0.4, 0.5) is 10.1 Å². The molecule has 0 aliphatic heterocycles. The Balaban J connectivity index is 2.83. The van der Waals surface area contributed by atoms with Crippen molar-refractivity contribution in [2.24, 2.45) is 5.73 Å². The van der Waals surface area contributed by atoms with Crippen LogP contribution < -0.4 is 11.1 Å². The van der Waals surface area contributed by atoms with E-state index in [0.717, 1.165) is 0 Å². The Bertz CT molecular complexity index is 396. The van der Waals surface area contributed by atoms with E-state index in [1.54, 1.807) is 19.1 Å². The van der Waals surface area contributed by atoms with Crippen LogP contribution >= 0.6 is 0 Å². The standard InChI is InChI=1S/C11H13FN2O/c1-7(11(13)8(2)15)14-10-5-3-9(12)4-6-10/h3-6,14-15H,2,13H2,1H3/b11-7-. The van der Waals surface area contributed by atoms with Crippen molar-refractivity contribution >= 4 is 5.69 Å². The first-order chi connectivity index (χ1) is 7.00. The molecule has 80 valence electrons. The smallest absolute Gasteiger partial charge is 0.133 e. The topological polar surface area (TPSA) is 58.3 Å². The van der Waals surface area contributed by atoms with Gasteiger partial charge in [-0.2, -0.15) is 0 Å². The van der Waals surface area contributed by atoms with Crippen molar-refractivity contribution in [2.45, 2.75) is 6.92 Å². The molecule has 0 aliphatic rings. The number of rotatable bonds is 3. The molecule has 0 radical (unpaired) electrons. The lowest BCUT2D eigenvalue weighted by atomic mass is 10.2. The summed E-state index contributed by atoms with van der Waals surface area (Å²) in [5.74, 6) is -0.496. The average Bonchev–Trinajstić information content (AvgIpc) is 2.20. The first-order valence-corrected chi connectivity index (χ1v) is 4.38. The Morgan fingerprint density at radius 3 is 2.40 bits per heavy atom. The molecule has 0 spiro atoms. The van der Waals surface area contributed by atoms with Crippen molar-refractivity contribution in [1.82, 2.24) is 0 Å². The van der Waals surface area contributed by atoms with E-state index in [1.165, 1.54) is 12.1 Å². The van der Waals surface area contributed by atoms with Crippen molar-refractivity contribution in [3.05, 3.63) is 53.8 Å². The van der Waals surface area contributed by atoms with Crippen LogP contribution in [-0.2, 0) is 0 Å². The second-order valence-corrected chi connectivity index (χ2v) is 3.12. The maximum absolute atomic E-state index is 12.6. The largest absolute Gasteiger partial charge is 0.506 e. The molecule has 0 bridgehead atoms. The van der Waals surface area contributed by atoms with Gasteiger partial charge in [-0.1, -0.05) is 6.58 Å². The van der Waals surface area contributed by atoms with Crippen LogP contribution in [0.2, 0.25) is 0 Å². The van der Waals surface area contributed by atoms with E-state index in [1.807, 2.05) is 0 Å². The van der Waals surface area contributed by atoms with E-state index < -0.39 is 0 Å². The summed E-state index contributed by atoms with van der Waals surface area (Å²) in [6.07, 6.45) is 0. The summed E-state index contributed by atoms with van der Waals surface area (Å²) in [7, 11) is 0.